The number of rotatable bonds is 8. The van der Waals surface area contributed by atoms with E-state index in [1.165, 1.54) is 11.8 Å². The van der Waals surface area contributed by atoms with Gasteiger partial charge in [0.15, 0.2) is 0 Å². The number of carbonyl (C=O) groups excluding carboxylic acids is 2. The molecule has 142 valence electrons. The van der Waals surface area contributed by atoms with Crippen LogP contribution in [0.3, 0.4) is 0 Å². The van der Waals surface area contributed by atoms with Crippen LogP contribution in [-0.4, -0.2) is 28.6 Å². The first-order chi connectivity index (χ1) is 12.8. The van der Waals surface area contributed by atoms with Crippen molar-refractivity contribution in [3.63, 3.8) is 0 Å². The second kappa shape index (κ2) is 10.2. The fourth-order valence-corrected chi connectivity index (χ4v) is 3.24. The number of hydrogen-bond acceptors (Lipinski definition) is 4. The van der Waals surface area contributed by atoms with Gasteiger partial charge in [-0.15, -0.1) is 11.8 Å². The summed E-state index contributed by atoms with van der Waals surface area (Å²) < 4.78 is 0. The molecule has 0 bridgehead atoms. The maximum Gasteiger partial charge on any atom is 0.303 e. The molecule has 0 heterocycles. The number of carbonyl (C=O) groups is 3. The lowest BCUT2D eigenvalue weighted by atomic mass is 10.2. The fourth-order valence-electron chi connectivity index (χ4n) is 2.03. The summed E-state index contributed by atoms with van der Waals surface area (Å²) in [5.74, 6) is -1.49. The van der Waals surface area contributed by atoms with Crippen LogP contribution in [0.4, 0.5) is 11.4 Å². The third kappa shape index (κ3) is 7.50. The van der Waals surface area contributed by atoms with Crippen molar-refractivity contribution in [2.75, 3.05) is 16.4 Å². The van der Waals surface area contributed by atoms with Gasteiger partial charge in [0.2, 0.25) is 11.8 Å². The van der Waals surface area contributed by atoms with Gasteiger partial charge in [-0.1, -0.05) is 29.3 Å². The van der Waals surface area contributed by atoms with E-state index in [4.69, 9.17) is 28.3 Å². The first kappa shape index (κ1) is 21.1. The quantitative estimate of drug-likeness (QED) is 0.538. The maximum absolute atomic E-state index is 12.1. The molecule has 2 aromatic rings. The van der Waals surface area contributed by atoms with Crippen LogP contribution in [0.25, 0.3) is 0 Å². The monoisotopic (exact) mass is 426 g/mol. The average Bonchev–Trinajstić information content (AvgIpc) is 2.61. The van der Waals surface area contributed by atoms with Gasteiger partial charge in [-0.25, -0.2) is 0 Å². The lowest BCUT2D eigenvalue weighted by Crippen LogP contribution is -2.14. The Balaban J connectivity index is 1.87. The minimum atomic E-state index is -1.03. The summed E-state index contributed by atoms with van der Waals surface area (Å²) in [4.78, 5) is 35.0. The molecule has 9 heteroatoms. The van der Waals surface area contributed by atoms with E-state index in [1.54, 1.807) is 42.5 Å². The highest BCUT2D eigenvalue weighted by atomic mass is 35.5. The lowest BCUT2D eigenvalue weighted by Gasteiger charge is -2.09. The first-order valence-corrected chi connectivity index (χ1v) is 9.57. The first-order valence-electron chi connectivity index (χ1n) is 7.83. The Morgan fingerprint density at radius 2 is 1.74 bits per heavy atom. The standard InChI is InChI=1S/C18H16Cl2N2O4S/c19-11-4-5-15(14(20)8-11)22-17(24)10-27-13-3-1-2-12(9-13)21-16(23)6-7-18(25)26/h1-5,8-9H,6-7,10H2,(H,21,23)(H,22,24)(H,25,26). The molecular weight excluding hydrogens is 411 g/mol. The number of halogens is 2. The molecule has 0 saturated heterocycles. The lowest BCUT2D eigenvalue weighted by molar-refractivity contribution is -0.138. The SMILES string of the molecule is O=C(O)CCC(=O)Nc1cccc(SCC(=O)Nc2ccc(Cl)cc2Cl)c1. The predicted molar refractivity (Wildman–Crippen MR) is 108 cm³/mol. The Bertz CT molecular complexity index is 861. The van der Waals surface area contributed by atoms with Crippen molar-refractivity contribution in [3.8, 4) is 0 Å². The fraction of sp³-hybridized carbons (Fsp3) is 0.167. The number of carboxylic acid groups (broad SMARTS) is 1. The molecule has 2 rings (SSSR count). The molecule has 0 atom stereocenters. The molecule has 6 nitrogen and oxygen atoms in total. The van der Waals surface area contributed by atoms with Crippen LogP contribution in [0.15, 0.2) is 47.4 Å². The van der Waals surface area contributed by atoms with Crippen LogP contribution in [-0.2, 0) is 14.4 Å². The second-order valence-corrected chi connectivity index (χ2v) is 7.32. The number of anilines is 2. The maximum atomic E-state index is 12.1. The molecular formula is C18H16Cl2N2O4S. The zero-order valence-corrected chi connectivity index (χ0v) is 16.3. The van der Waals surface area contributed by atoms with Crippen molar-refractivity contribution in [1.82, 2.24) is 0 Å². The van der Waals surface area contributed by atoms with Crippen LogP contribution < -0.4 is 10.6 Å². The zero-order valence-electron chi connectivity index (χ0n) is 14.0. The second-order valence-electron chi connectivity index (χ2n) is 5.43. The molecule has 0 spiro atoms. The summed E-state index contributed by atoms with van der Waals surface area (Å²) in [5, 5.41) is 14.8. The third-order valence-electron chi connectivity index (χ3n) is 3.26. The number of aliphatic carboxylic acids is 1. The highest BCUT2D eigenvalue weighted by molar-refractivity contribution is 8.00. The summed E-state index contributed by atoms with van der Waals surface area (Å²) in [6.45, 7) is 0. The molecule has 3 N–H and O–H groups in total. The van der Waals surface area contributed by atoms with Crippen molar-refractivity contribution < 1.29 is 19.5 Å². The van der Waals surface area contributed by atoms with Crippen molar-refractivity contribution in [3.05, 3.63) is 52.5 Å². The molecule has 2 aromatic carbocycles. The molecule has 0 saturated carbocycles. The van der Waals surface area contributed by atoms with Crippen LogP contribution in [0.2, 0.25) is 10.0 Å². The van der Waals surface area contributed by atoms with Crippen molar-refractivity contribution in [2.24, 2.45) is 0 Å². The predicted octanol–water partition coefficient (Wildman–Crippen LogP) is 4.53. The van der Waals surface area contributed by atoms with Crippen LogP contribution in [0.5, 0.6) is 0 Å². The Kier molecular flexibility index (Phi) is 7.97. The Morgan fingerprint density at radius 3 is 2.44 bits per heavy atom. The van der Waals surface area contributed by atoms with Gasteiger partial charge < -0.3 is 15.7 Å². The van der Waals surface area contributed by atoms with Crippen LogP contribution in [0.1, 0.15) is 12.8 Å². The summed E-state index contributed by atoms with van der Waals surface area (Å²) in [5.41, 5.74) is 1.02. The summed E-state index contributed by atoms with van der Waals surface area (Å²) in [6.07, 6.45) is -0.329. The number of carboxylic acids is 1. The minimum Gasteiger partial charge on any atom is -0.481 e. The van der Waals surface area contributed by atoms with E-state index in [9.17, 15) is 14.4 Å². The number of hydrogen-bond donors (Lipinski definition) is 3. The molecule has 2 amide bonds. The van der Waals surface area contributed by atoms with Crippen LogP contribution >= 0.6 is 35.0 Å². The van der Waals surface area contributed by atoms with E-state index in [1.807, 2.05) is 0 Å². The van der Waals surface area contributed by atoms with Gasteiger partial charge in [-0.2, -0.15) is 0 Å². The molecule has 0 aliphatic carbocycles. The number of nitrogens with one attached hydrogen (secondary N) is 2. The van der Waals surface area contributed by atoms with Gasteiger partial charge in [0.05, 0.1) is 22.9 Å². The molecule has 0 aromatic heterocycles. The zero-order chi connectivity index (χ0) is 19.8. The van der Waals surface area contributed by atoms with Gasteiger partial charge in [0.1, 0.15) is 0 Å². The number of thioether (sulfide) groups is 1. The van der Waals surface area contributed by atoms with E-state index in [-0.39, 0.29) is 30.4 Å². The van der Waals surface area contributed by atoms with Crippen molar-refractivity contribution >= 4 is 64.1 Å². The van der Waals surface area contributed by atoms with Gasteiger partial charge in [-0.3, -0.25) is 14.4 Å². The Labute approximate surface area is 170 Å². The van der Waals surface area contributed by atoms with E-state index in [0.29, 0.717) is 21.4 Å². The number of benzene rings is 2. The highest BCUT2D eigenvalue weighted by Crippen LogP contribution is 2.26. The van der Waals surface area contributed by atoms with Crippen LogP contribution in [0, 0.1) is 0 Å². The smallest absolute Gasteiger partial charge is 0.303 e. The Morgan fingerprint density at radius 1 is 0.963 bits per heavy atom. The van der Waals surface area contributed by atoms with Crippen molar-refractivity contribution in [1.29, 1.82) is 0 Å². The normalized spacial score (nSPS) is 10.3. The molecule has 0 aliphatic heterocycles. The average molecular weight is 427 g/mol. The molecule has 0 aliphatic rings. The summed E-state index contributed by atoms with van der Waals surface area (Å²) in [6, 6.07) is 11.8. The van der Waals surface area contributed by atoms with Gasteiger partial charge in [-0.05, 0) is 36.4 Å². The molecule has 0 unspecified atom stereocenters. The summed E-state index contributed by atoms with van der Waals surface area (Å²) in [7, 11) is 0. The third-order valence-corrected chi connectivity index (χ3v) is 4.80. The highest BCUT2D eigenvalue weighted by Gasteiger charge is 2.09. The minimum absolute atomic E-state index is 0.100. The molecule has 0 radical (unpaired) electrons. The van der Waals surface area contributed by atoms with Gasteiger partial charge in [0, 0.05) is 22.0 Å². The largest absolute Gasteiger partial charge is 0.481 e. The van der Waals surface area contributed by atoms with E-state index < -0.39 is 5.97 Å². The van der Waals surface area contributed by atoms with Gasteiger partial charge in [0.25, 0.3) is 0 Å². The summed E-state index contributed by atoms with van der Waals surface area (Å²) >= 11 is 13.1. The van der Waals surface area contributed by atoms with E-state index in [0.717, 1.165) is 4.90 Å². The van der Waals surface area contributed by atoms with Gasteiger partial charge >= 0.3 is 5.97 Å². The number of amides is 2. The van der Waals surface area contributed by atoms with E-state index >= 15 is 0 Å². The van der Waals surface area contributed by atoms with E-state index in [2.05, 4.69) is 10.6 Å². The van der Waals surface area contributed by atoms with Crippen molar-refractivity contribution in [2.45, 2.75) is 17.7 Å². The molecule has 0 fully saturated rings. The topological polar surface area (TPSA) is 95.5 Å². The molecule has 27 heavy (non-hydrogen) atoms. The Hall–Kier alpha value is -2.22.